The highest BCUT2D eigenvalue weighted by Gasteiger charge is 2.23. The summed E-state index contributed by atoms with van der Waals surface area (Å²) in [4.78, 5) is 28.6. The van der Waals surface area contributed by atoms with Crippen LogP contribution in [0.25, 0.3) is 0 Å². The molecular weight excluding hydrogens is 368 g/mol. The van der Waals surface area contributed by atoms with E-state index in [9.17, 15) is 9.59 Å². The number of methoxy groups -OCH3 is 1. The van der Waals surface area contributed by atoms with Crippen LogP contribution in [0, 0.1) is 0 Å². The van der Waals surface area contributed by atoms with Crippen LogP contribution in [0.1, 0.15) is 16.1 Å². The minimum atomic E-state index is -0.241. The van der Waals surface area contributed by atoms with Gasteiger partial charge in [0.15, 0.2) is 0 Å². The van der Waals surface area contributed by atoms with Crippen molar-refractivity contribution in [2.45, 2.75) is 13.1 Å². The van der Waals surface area contributed by atoms with Gasteiger partial charge in [0.05, 0.1) is 13.2 Å². The number of benzene rings is 1. The van der Waals surface area contributed by atoms with Crippen molar-refractivity contribution < 1.29 is 9.53 Å². The summed E-state index contributed by atoms with van der Waals surface area (Å²) in [5, 5.41) is 4.92. The Hall–Kier alpha value is -2.22. The second kappa shape index (κ2) is 9.12. The summed E-state index contributed by atoms with van der Waals surface area (Å²) in [5.74, 6) is -0.149. The van der Waals surface area contributed by atoms with Crippen LogP contribution >= 0.6 is 11.6 Å². The topological polar surface area (TPSA) is 67.7 Å². The van der Waals surface area contributed by atoms with E-state index in [2.05, 4.69) is 16.1 Å². The first-order valence-corrected chi connectivity index (χ1v) is 9.28. The fraction of sp³-hybridized carbons (Fsp3) is 0.421. The number of carbonyl (C=O) groups excluding carboxylic acids is 1. The lowest BCUT2D eigenvalue weighted by atomic mass is 10.2. The van der Waals surface area contributed by atoms with Crippen LogP contribution in [0.2, 0.25) is 5.02 Å². The lowest BCUT2D eigenvalue weighted by Gasteiger charge is -2.34. The van der Waals surface area contributed by atoms with Crippen LogP contribution in [-0.4, -0.2) is 65.4 Å². The fourth-order valence-corrected chi connectivity index (χ4v) is 3.28. The molecule has 2 heterocycles. The molecule has 0 aliphatic carbocycles. The Morgan fingerprint density at radius 1 is 1.19 bits per heavy atom. The average molecular weight is 391 g/mol. The van der Waals surface area contributed by atoms with Gasteiger partial charge in [-0.1, -0.05) is 23.7 Å². The van der Waals surface area contributed by atoms with Crippen LogP contribution in [0.3, 0.4) is 0 Å². The molecule has 7 nitrogen and oxygen atoms in total. The van der Waals surface area contributed by atoms with Gasteiger partial charge in [0.25, 0.3) is 11.5 Å². The van der Waals surface area contributed by atoms with Crippen LogP contribution in [0.4, 0.5) is 0 Å². The standard InChI is InChI=1S/C19H23ClN4O3/c1-27-12-11-24-18(25)6-5-17(21-24)19(26)23-9-7-22(8-10-23)14-15-3-2-4-16(20)13-15/h2-6,13H,7-12,14H2,1H3. The van der Waals surface area contributed by atoms with E-state index in [1.807, 2.05) is 18.2 Å². The Morgan fingerprint density at radius 2 is 1.96 bits per heavy atom. The van der Waals surface area contributed by atoms with E-state index in [0.29, 0.717) is 26.2 Å². The van der Waals surface area contributed by atoms with E-state index in [4.69, 9.17) is 16.3 Å². The molecule has 0 unspecified atom stereocenters. The molecule has 0 atom stereocenters. The number of amides is 1. The molecular formula is C19H23ClN4O3. The first kappa shape index (κ1) is 19.5. The maximum atomic E-state index is 12.7. The highest BCUT2D eigenvalue weighted by molar-refractivity contribution is 6.30. The maximum absolute atomic E-state index is 12.7. The van der Waals surface area contributed by atoms with Crippen molar-refractivity contribution in [1.29, 1.82) is 0 Å². The van der Waals surface area contributed by atoms with E-state index in [1.54, 1.807) is 12.0 Å². The van der Waals surface area contributed by atoms with Crippen molar-refractivity contribution in [3.63, 3.8) is 0 Å². The number of aromatic nitrogens is 2. The smallest absolute Gasteiger partial charge is 0.274 e. The van der Waals surface area contributed by atoms with Crippen molar-refractivity contribution in [2.24, 2.45) is 0 Å². The molecule has 27 heavy (non-hydrogen) atoms. The minimum absolute atomic E-state index is 0.149. The molecule has 1 aliphatic heterocycles. The number of rotatable bonds is 6. The largest absolute Gasteiger partial charge is 0.383 e. The Balaban J connectivity index is 1.59. The zero-order valence-electron chi connectivity index (χ0n) is 15.3. The normalized spacial score (nSPS) is 15.1. The molecule has 0 saturated carbocycles. The number of hydrogen-bond acceptors (Lipinski definition) is 5. The molecule has 1 saturated heterocycles. The highest BCUT2D eigenvalue weighted by atomic mass is 35.5. The third kappa shape index (κ3) is 5.15. The molecule has 1 amide bonds. The third-order valence-electron chi connectivity index (χ3n) is 4.55. The molecule has 2 aromatic rings. The molecule has 0 bridgehead atoms. The quantitative estimate of drug-likeness (QED) is 0.747. The number of piperazine rings is 1. The molecule has 0 spiro atoms. The summed E-state index contributed by atoms with van der Waals surface area (Å²) in [6, 6.07) is 10.7. The monoisotopic (exact) mass is 390 g/mol. The van der Waals surface area contributed by atoms with Gasteiger partial charge in [0.2, 0.25) is 0 Å². The van der Waals surface area contributed by atoms with Gasteiger partial charge in [-0.2, -0.15) is 5.10 Å². The molecule has 144 valence electrons. The predicted octanol–water partition coefficient (Wildman–Crippen LogP) is 1.50. The summed E-state index contributed by atoms with van der Waals surface area (Å²) in [6.45, 7) is 4.30. The zero-order valence-corrected chi connectivity index (χ0v) is 16.1. The predicted molar refractivity (Wildman–Crippen MR) is 103 cm³/mol. The lowest BCUT2D eigenvalue weighted by Crippen LogP contribution is -2.48. The number of ether oxygens (including phenoxy) is 1. The second-order valence-corrected chi connectivity index (χ2v) is 6.91. The van der Waals surface area contributed by atoms with Crippen molar-refractivity contribution >= 4 is 17.5 Å². The minimum Gasteiger partial charge on any atom is -0.383 e. The van der Waals surface area contributed by atoms with E-state index in [1.165, 1.54) is 16.8 Å². The lowest BCUT2D eigenvalue weighted by molar-refractivity contribution is 0.0619. The molecule has 1 aliphatic rings. The summed E-state index contributed by atoms with van der Waals surface area (Å²) >= 11 is 6.04. The Bertz CT molecular complexity index is 847. The van der Waals surface area contributed by atoms with Gasteiger partial charge in [0.1, 0.15) is 5.69 Å². The number of carbonyl (C=O) groups is 1. The van der Waals surface area contributed by atoms with E-state index in [0.717, 1.165) is 30.2 Å². The number of hydrogen-bond donors (Lipinski definition) is 0. The zero-order chi connectivity index (χ0) is 19.2. The summed E-state index contributed by atoms with van der Waals surface area (Å²) in [7, 11) is 1.56. The van der Waals surface area contributed by atoms with Gasteiger partial charge in [-0.25, -0.2) is 4.68 Å². The first-order valence-electron chi connectivity index (χ1n) is 8.90. The number of nitrogens with zero attached hydrogens (tertiary/aromatic N) is 4. The molecule has 1 aromatic heterocycles. The van der Waals surface area contributed by atoms with E-state index >= 15 is 0 Å². The van der Waals surface area contributed by atoms with E-state index < -0.39 is 0 Å². The molecule has 1 fully saturated rings. The van der Waals surface area contributed by atoms with Crippen LogP contribution in [-0.2, 0) is 17.8 Å². The first-order chi connectivity index (χ1) is 13.1. The summed E-state index contributed by atoms with van der Waals surface area (Å²) in [5.41, 5.74) is 1.21. The van der Waals surface area contributed by atoms with Crippen LogP contribution < -0.4 is 5.56 Å². The molecule has 0 radical (unpaired) electrons. The maximum Gasteiger partial charge on any atom is 0.274 e. The van der Waals surface area contributed by atoms with Gasteiger partial charge >= 0.3 is 0 Å². The number of halogens is 1. The molecule has 3 rings (SSSR count). The molecule has 0 N–H and O–H groups in total. The van der Waals surface area contributed by atoms with Crippen molar-refractivity contribution in [2.75, 3.05) is 39.9 Å². The SMILES string of the molecule is COCCn1nc(C(=O)N2CCN(Cc3cccc(Cl)c3)CC2)ccc1=O. The van der Waals surface area contributed by atoms with Gasteiger partial charge in [-0.15, -0.1) is 0 Å². The van der Waals surface area contributed by atoms with Gasteiger partial charge in [-0.3, -0.25) is 14.5 Å². The van der Waals surface area contributed by atoms with Gasteiger partial charge in [-0.05, 0) is 23.8 Å². The van der Waals surface area contributed by atoms with Gasteiger partial charge in [0, 0.05) is 50.9 Å². The Labute approximate surface area is 163 Å². The third-order valence-corrected chi connectivity index (χ3v) is 4.78. The average Bonchev–Trinajstić information content (AvgIpc) is 2.67. The van der Waals surface area contributed by atoms with Crippen LogP contribution in [0.5, 0.6) is 0 Å². The Kier molecular flexibility index (Phi) is 6.60. The van der Waals surface area contributed by atoms with Gasteiger partial charge < -0.3 is 9.64 Å². The fourth-order valence-electron chi connectivity index (χ4n) is 3.07. The molecule has 1 aromatic carbocycles. The summed E-state index contributed by atoms with van der Waals surface area (Å²) < 4.78 is 6.25. The highest BCUT2D eigenvalue weighted by Crippen LogP contribution is 2.14. The van der Waals surface area contributed by atoms with Crippen molar-refractivity contribution in [3.8, 4) is 0 Å². The van der Waals surface area contributed by atoms with E-state index in [-0.39, 0.29) is 17.2 Å². The second-order valence-electron chi connectivity index (χ2n) is 6.47. The Morgan fingerprint density at radius 3 is 2.67 bits per heavy atom. The van der Waals surface area contributed by atoms with Crippen LogP contribution in [0.15, 0.2) is 41.2 Å². The van der Waals surface area contributed by atoms with Crippen molar-refractivity contribution in [3.05, 3.63) is 63.0 Å². The molecule has 8 heteroatoms. The summed E-state index contributed by atoms with van der Waals surface area (Å²) in [6.07, 6.45) is 0. The van der Waals surface area contributed by atoms with Crippen molar-refractivity contribution in [1.82, 2.24) is 19.6 Å².